The third-order valence-electron chi connectivity index (χ3n) is 4.88. The lowest BCUT2D eigenvalue weighted by Crippen LogP contribution is -2.07. The number of aromatic hydroxyl groups is 1. The van der Waals surface area contributed by atoms with Gasteiger partial charge in [0.05, 0.1) is 4.47 Å². The molecule has 156 valence electrons. The Hall–Kier alpha value is -3.38. The normalized spacial score (nSPS) is 11.5. The Bertz CT molecular complexity index is 1270. The van der Waals surface area contributed by atoms with Crippen LogP contribution in [0.1, 0.15) is 30.9 Å². The van der Waals surface area contributed by atoms with Gasteiger partial charge in [-0.15, -0.1) is 0 Å². The van der Waals surface area contributed by atoms with Gasteiger partial charge in [-0.3, -0.25) is 4.79 Å². The van der Waals surface area contributed by atoms with Gasteiger partial charge in [0.15, 0.2) is 5.58 Å². The first-order valence-corrected chi connectivity index (χ1v) is 10.7. The van der Waals surface area contributed by atoms with E-state index in [9.17, 15) is 9.90 Å². The second-order valence-electron chi connectivity index (χ2n) is 7.51. The molecule has 3 aromatic carbocycles. The predicted octanol–water partition coefficient (Wildman–Crippen LogP) is 6.74. The van der Waals surface area contributed by atoms with Gasteiger partial charge in [-0.2, -0.15) is 0 Å². The van der Waals surface area contributed by atoms with Crippen LogP contribution in [0.15, 0.2) is 75.6 Å². The molecule has 0 aliphatic heterocycles. The van der Waals surface area contributed by atoms with Gasteiger partial charge < -0.3 is 14.8 Å². The summed E-state index contributed by atoms with van der Waals surface area (Å²) in [7, 11) is 0. The summed E-state index contributed by atoms with van der Waals surface area (Å²) in [6.07, 6.45) is 3.30. The maximum Gasteiger partial charge on any atom is 0.248 e. The van der Waals surface area contributed by atoms with Crippen LogP contribution in [0.3, 0.4) is 0 Å². The molecule has 6 heteroatoms. The number of halogens is 1. The zero-order chi connectivity index (χ0) is 22.0. The second kappa shape index (κ2) is 8.78. The van der Waals surface area contributed by atoms with Gasteiger partial charge in [-0.05, 0) is 75.4 Å². The number of carbonyl (C=O) groups is 1. The summed E-state index contributed by atoms with van der Waals surface area (Å²) in [4.78, 5) is 16.8. The number of phenolic OH excluding ortho intramolecular Hbond substituents is 1. The molecule has 0 bridgehead atoms. The minimum absolute atomic E-state index is 0.147. The van der Waals surface area contributed by atoms with Crippen LogP contribution >= 0.6 is 15.9 Å². The van der Waals surface area contributed by atoms with E-state index in [-0.39, 0.29) is 11.7 Å². The largest absolute Gasteiger partial charge is 0.507 e. The lowest BCUT2D eigenvalue weighted by atomic mass is 10.0. The molecular formula is C25H21BrN2O3. The summed E-state index contributed by atoms with van der Waals surface area (Å²) < 4.78 is 6.36. The molecule has 0 atom stereocenters. The highest BCUT2D eigenvalue weighted by Gasteiger charge is 2.11. The number of carbonyl (C=O) groups excluding carboxylic acids is 1. The maximum absolute atomic E-state index is 12.3. The van der Waals surface area contributed by atoms with Crippen molar-refractivity contribution in [3.05, 3.63) is 82.3 Å². The first-order valence-electron chi connectivity index (χ1n) is 9.87. The molecular weight excluding hydrogens is 456 g/mol. The smallest absolute Gasteiger partial charge is 0.248 e. The number of hydrogen-bond donors (Lipinski definition) is 2. The number of benzene rings is 3. The van der Waals surface area contributed by atoms with Crippen LogP contribution in [0.4, 0.5) is 5.69 Å². The van der Waals surface area contributed by atoms with Crippen LogP contribution < -0.4 is 5.32 Å². The third-order valence-corrected chi connectivity index (χ3v) is 5.52. The first-order chi connectivity index (χ1) is 14.9. The minimum atomic E-state index is -0.224. The number of rotatable bonds is 5. The fourth-order valence-electron chi connectivity index (χ4n) is 3.12. The van der Waals surface area contributed by atoms with E-state index in [0.717, 1.165) is 11.1 Å². The van der Waals surface area contributed by atoms with Crippen molar-refractivity contribution < 1.29 is 14.3 Å². The second-order valence-corrected chi connectivity index (χ2v) is 8.37. The summed E-state index contributed by atoms with van der Waals surface area (Å²) in [5.74, 6) is 0.833. The van der Waals surface area contributed by atoms with Gasteiger partial charge in [-0.1, -0.05) is 38.1 Å². The summed E-state index contributed by atoms with van der Waals surface area (Å²) in [5, 5.41) is 12.5. The molecule has 4 aromatic rings. The van der Waals surface area contributed by atoms with Crippen molar-refractivity contribution in [2.24, 2.45) is 0 Å². The average Bonchev–Trinajstić information content (AvgIpc) is 3.18. The van der Waals surface area contributed by atoms with Crippen molar-refractivity contribution in [2.75, 3.05) is 5.32 Å². The van der Waals surface area contributed by atoms with E-state index in [0.29, 0.717) is 33.1 Å². The van der Waals surface area contributed by atoms with Gasteiger partial charge in [0.1, 0.15) is 11.3 Å². The highest BCUT2D eigenvalue weighted by molar-refractivity contribution is 9.10. The summed E-state index contributed by atoms with van der Waals surface area (Å²) in [6.45, 7) is 4.30. The molecule has 1 aromatic heterocycles. The van der Waals surface area contributed by atoms with Gasteiger partial charge >= 0.3 is 0 Å². The molecule has 0 aliphatic carbocycles. The van der Waals surface area contributed by atoms with Crippen molar-refractivity contribution in [2.45, 2.75) is 19.8 Å². The molecule has 0 aliphatic rings. The van der Waals surface area contributed by atoms with Crippen molar-refractivity contribution in [1.82, 2.24) is 4.98 Å². The zero-order valence-corrected chi connectivity index (χ0v) is 18.7. The van der Waals surface area contributed by atoms with Gasteiger partial charge in [0.2, 0.25) is 11.8 Å². The Morgan fingerprint density at radius 3 is 2.58 bits per heavy atom. The number of anilines is 1. The fraction of sp³-hybridized carbons (Fsp3) is 0.120. The fourth-order valence-corrected chi connectivity index (χ4v) is 3.50. The van der Waals surface area contributed by atoms with Crippen LogP contribution in [0.2, 0.25) is 0 Å². The SMILES string of the molecule is CC(C)c1ccc(/C=C/C(=O)Nc2ccc3oc(-c4ccc(O)c(Br)c4)nc3c2)cc1. The maximum atomic E-state index is 12.3. The van der Waals surface area contributed by atoms with Crippen LogP contribution in [0.5, 0.6) is 5.75 Å². The highest BCUT2D eigenvalue weighted by atomic mass is 79.9. The Balaban J connectivity index is 1.48. The van der Waals surface area contributed by atoms with E-state index in [2.05, 4.69) is 52.2 Å². The average molecular weight is 477 g/mol. The molecule has 2 N–H and O–H groups in total. The lowest BCUT2D eigenvalue weighted by molar-refractivity contribution is -0.111. The van der Waals surface area contributed by atoms with Crippen molar-refractivity contribution >= 4 is 44.7 Å². The van der Waals surface area contributed by atoms with Crippen LogP contribution in [-0.4, -0.2) is 16.0 Å². The summed E-state index contributed by atoms with van der Waals surface area (Å²) in [6, 6.07) is 18.5. The molecule has 4 rings (SSSR count). The number of amides is 1. The number of fused-ring (bicyclic) bond motifs is 1. The molecule has 0 unspecified atom stereocenters. The number of oxazole rings is 1. The predicted molar refractivity (Wildman–Crippen MR) is 127 cm³/mol. The summed E-state index contributed by atoms with van der Waals surface area (Å²) >= 11 is 3.29. The van der Waals surface area contributed by atoms with E-state index in [4.69, 9.17) is 4.42 Å². The van der Waals surface area contributed by atoms with Gasteiger partial charge in [-0.25, -0.2) is 4.98 Å². The van der Waals surface area contributed by atoms with E-state index in [1.165, 1.54) is 11.6 Å². The third kappa shape index (κ3) is 4.86. The topological polar surface area (TPSA) is 75.4 Å². The van der Waals surface area contributed by atoms with E-state index >= 15 is 0 Å². The highest BCUT2D eigenvalue weighted by Crippen LogP contribution is 2.31. The van der Waals surface area contributed by atoms with Crippen LogP contribution in [0, 0.1) is 0 Å². The van der Waals surface area contributed by atoms with E-state index < -0.39 is 0 Å². The lowest BCUT2D eigenvalue weighted by Gasteiger charge is -2.04. The van der Waals surface area contributed by atoms with Gasteiger partial charge in [0, 0.05) is 17.3 Å². The standard InChI is InChI=1S/C25H21BrN2O3/c1-15(2)17-6-3-16(4-7-17)5-12-24(30)27-19-9-11-23-21(14-19)28-25(31-23)18-8-10-22(29)20(26)13-18/h3-15,29H,1-2H3,(H,27,30)/b12-5+. The minimum Gasteiger partial charge on any atom is -0.507 e. The molecule has 0 saturated heterocycles. The molecule has 0 radical (unpaired) electrons. The number of nitrogens with one attached hydrogen (secondary N) is 1. The number of phenols is 1. The monoisotopic (exact) mass is 476 g/mol. The number of aromatic nitrogens is 1. The zero-order valence-electron chi connectivity index (χ0n) is 17.1. The number of nitrogens with zero attached hydrogens (tertiary/aromatic N) is 1. The van der Waals surface area contributed by atoms with Gasteiger partial charge in [0.25, 0.3) is 0 Å². The quantitative estimate of drug-likeness (QED) is 0.312. The van der Waals surface area contributed by atoms with Crippen molar-refractivity contribution in [1.29, 1.82) is 0 Å². The van der Waals surface area contributed by atoms with E-state index in [1.54, 1.807) is 42.5 Å². The Morgan fingerprint density at radius 1 is 1.10 bits per heavy atom. The van der Waals surface area contributed by atoms with Crippen LogP contribution in [-0.2, 0) is 4.79 Å². The Kier molecular flexibility index (Phi) is 5.91. The first kappa shape index (κ1) is 20.9. The van der Waals surface area contributed by atoms with Crippen LogP contribution in [0.25, 0.3) is 28.6 Å². The molecule has 0 saturated carbocycles. The Morgan fingerprint density at radius 2 is 1.87 bits per heavy atom. The number of hydrogen-bond acceptors (Lipinski definition) is 4. The molecule has 31 heavy (non-hydrogen) atoms. The van der Waals surface area contributed by atoms with Crippen molar-refractivity contribution in [3.8, 4) is 17.2 Å². The van der Waals surface area contributed by atoms with E-state index in [1.807, 2.05) is 12.1 Å². The summed E-state index contributed by atoms with van der Waals surface area (Å²) in [5.41, 5.74) is 4.84. The van der Waals surface area contributed by atoms with Crippen molar-refractivity contribution in [3.63, 3.8) is 0 Å². The molecule has 0 fully saturated rings. The Labute approximate surface area is 188 Å². The molecule has 1 heterocycles. The molecule has 1 amide bonds. The molecule has 5 nitrogen and oxygen atoms in total. The molecule has 0 spiro atoms.